The summed E-state index contributed by atoms with van der Waals surface area (Å²) in [7, 11) is 0. The van der Waals surface area contributed by atoms with Crippen molar-refractivity contribution >= 4 is 52.5 Å². The average molecular weight is 401 g/mol. The topological polar surface area (TPSA) is 32.3 Å². The maximum absolute atomic E-state index is 12.3. The molecule has 1 N–H and O–H groups in total. The van der Waals surface area contributed by atoms with Crippen LogP contribution >= 0.6 is 46.6 Å². The lowest BCUT2D eigenvalue weighted by atomic mass is 10.2. The highest BCUT2D eigenvalue weighted by molar-refractivity contribution is 14.1. The number of nitrogens with one attached hydrogen (secondary N) is 1. The van der Waals surface area contributed by atoms with E-state index in [0.29, 0.717) is 5.02 Å². The molecule has 1 aromatic rings. The van der Waals surface area contributed by atoms with Crippen molar-refractivity contribution in [2.45, 2.75) is 6.42 Å². The van der Waals surface area contributed by atoms with E-state index >= 15 is 0 Å². The Bertz CT molecular complexity index is 421. The second-order valence-electron chi connectivity index (χ2n) is 4.02. The van der Waals surface area contributed by atoms with E-state index in [2.05, 4.69) is 27.9 Å². The van der Waals surface area contributed by atoms with Crippen molar-refractivity contribution in [1.82, 2.24) is 10.2 Å². The molecule has 0 atom stereocenters. The molecule has 0 aliphatic carbocycles. The molecule has 1 aliphatic heterocycles. The number of nitrogens with zero attached hydrogens (tertiary/aromatic N) is 1. The summed E-state index contributed by atoms with van der Waals surface area (Å²) >= 11 is 8.10. The van der Waals surface area contributed by atoms with Crippen LogP contribution in [0.5, 0.6) is 0 Å². The number of carbonyl (C=O) groups excluding carboxylic acids is 1. The van der Waals surface area contributed by atoms with E-state index in [9.17, 15) is 4.79 Å². The largest absolute Gasteiger partial charge is 0.337 e. The third-order valence-corrected chi connectivity index (χ3v) is 4.33. The normalized spacial score (nSPS) is 15.8. The molecule has 18 heavy (non-hydrogen) atoms. The zero-order valence-corrected chi connectivity index (χ0v) is 13.5. The van der Waals surface area contributed by atoms with Crippen LogP contribution in [0.15, 0.2) is 18.2 Å². The smallest absolute Gasteiger partial charge is 0.253 e. The van der Waals surface area contributed by atoms with Gasteiger partial charge in [0.2, 0.25) is 0 Å². The first-order valence-corrected chi connectivity index (χ1v) is 7.09. The molecule has 0 spiro atoms. The van der Waals surface area contributed by atoms with Gasteiger partial charge in [0.25, 0.3) is 5.91 Å². The number of amides is 1. The highest BCUT2D eigenvalue weighted by Crippen LogP contribution is 2.20. The molecule has 0 aromatic heterocycles. The van der Waals surface area contributed by atoms with Crippen molar-refractivity contribution in [2.24, 2.45) is 0 Å². The predicted molar refractivity (Wildman–Crippen MR) is 84.8 cm³/mol. The van der Waals surface area contributed by atoms with Crippen LogP contribution in [0.25, 0.3) is 0 Å². The first-order chi connectivity index (χ1) is 8.18. The maximum atomic E-state index is 12.3. The molecular formula is C12H15Cl2IN2O. The van der Waals surface area contributed by atoms with Gasteiger partial charge in [0.1, 0.15) is 0 Å². The van der Waals surface area contributed by atoms with Crippen LogP contribution in [-0.4, -0.2) is 37.0 Å². The molecule has 3 nitrogen and oxygen atoms in total. The van der Waals surface area contributed by atoms with Gasteiger partial charge in [0.05, 0.1) is 5.02 Å². The van der Waals surface area contributed by atoms with Crippen molar-refractivity contribution in [3.63, 3.8) is 0 Å². The Morgan fingerprint density at radius 3 is 2.83 bits per heavy atom. The third-order valence-electron chi connectivity index (χ3n) is 2.79. The van der Waals surface area contributed by atoms with Gasteiger partial charge in [-0.2, -0.15) is 0 Å². The van der Waals surface area contributed by atoms with Crippen LogP contribution in [0.4, 0.5) is 0 Å². The molecule has 2 rings (SSSR count). The first-order valence-electron chi connectivity index (χ1n) is 5.63. The molecule has 100 valence electrons. The van der Waals surface area contributed by atoms with Gasteiger partial charge >= 0.3 is 0 Å². The molecule has 1 fully saturated rings. The Labute approximate surface area is 132 Å². The standard InChI is InChI=1S/C12H14ClIN2O.ClH/c13-10-3-2-9(8-11(10)14)12(17)16-6-1-4-15-5-7-16;/h2-3,8,15H,1,4-7H2;1H. The Balaban J connectivity index is 0.00000162. The fourth-order valence-electron chi connectivity index (χ4n) is 1.86. The Hall–Kier alpha value is -0.0400. The fraction of sp³-hybridized carbons (Fsp3) is 0.417. The van der Waals surface area contributed by atoms with Crippen molar-refractivity contribution in [3.05, 3.63) is 32.4 Å². The zero-order valence-electron chi connectivity index (χ0n) is 9.79. The zero-order chi connectivity index (χ0) is 12.3. The molecular weight excluding hydrogens is 386 g/mol. The van der Waals surface area contributed by atoms with E-state index in [1.807, 2.05) is 11.0 Å². The van der Waals surface area contributed by atoms with Crippen molar-refractivity contribution in [3.8, 4) is 0 Å². The van der Waals surface area contributed by atoms with Crippen LogP contribution in [0.3, 0.4) is 0 Å². The van der Waals surface area contributed by atoms with Crippen molar-refractivity contribution in [2.75, 3.05) is 26.2 Å². The van der Waals surface area contributed by atoms with Gasteiger partial charge in [-0.1, -0.05) is 11.6 Å². The molecule has 1 amide bonds. The minimum Gasteiger partial charge on any atom is -0.337 e. The Kier molecular flexibility index (Phi) is 6.70. The second-order valence-corrected chi connectivity index (χ2v) is 5.59. The summed E-state index contributed by atoms with van der Waals surface area (Å²) in [6.07, 6.45) is 1.01. The van der Waals surface area contributed by atoms with E-state index in [-0.39, 0.29) is 18.3 Å². The molecule has 1 aliphatic rings. The van der Waals surface area contributed by atoms with Gasteiger partial charge in [0, 0.05) is 28.8 Å². The van der Waals surface area contributed by atoms with Gasteiger partial charge in [0.15, 0.2) is 0 Å². The monoisotopic (exact) mass is 400 g/mol. The van der Waals surface area contributed by atoms with Crippen molar-refractivity contribution < 1.29 is 4.79 Å². The van der Waals surface area contributed by atoms with Gasteiger partial charge in [-0.05, 0) is 53.8 Å². The molecule has 0 radical (unpaired) electrons. The fourth-order valence-corrected chi connectivity index (χ4v) is 2.49. The molecule has 0 unspecified atom stereocenters. The van der Waals surface area contributed by atoms with Gasteiger partial charge < -0.3 is 10.2 Å². The highest BCUT2D eigenvalue weighted by Gasteiger charge is 2.17. The lowest BCUT2D eigenvalue weighted by Gasteiger charge is -2.20. The second kappa shape index (κ2) is 7.53. The summed E-state index contributed by atoms with van der Waals surface area (Å²) in [6, 6.07) is 5.43. The molecule has 1 heterocycles. The summed E-state index contributed by atoms with van der Waals surface area (Å²) in [4.78, 5) is 14.2. The summed E-state index contributed by atoms with van der Waals surface area (Å²) in [5.74, 6) is 0.100. The minimum absolute atomic E-state index is 0. The van der Waals surface area contributed by atoms with Crippen LogP contribution in [-0.2, 0) is 0 Å². The molecule has 1 aromatic carbocycles. The number of hydrogen-bond donors (Lipinski definition) is 1. The van der Waals surface area contributed by atoms with E-state index < -0.39 is 0 Å². The van der Waals surface area contributed by atoms with Crippen molar-refractivity contribution in [1.29, 1.82) is 0 Å². The molecule has 0 saturated carbocycles. The average Bonchev–Trinajstić information content (AvgIpc) is 2.60. The van der Waals surface area contributed by atoms with E-state index in [1.165, 1.54) is 0 Å². The summed E-state index contributed by atoms with van der Waals surface area (Å²) in [5.41, 5.74) is 0.723. The maximum Gasteiger partial charge on any atom is 0.253 e. The molecule has 6 heteroatoms. The van der Waals surface area contributed by atoms with Gasteiger partial charge in [-0.3, -0.25) is 4.79 Å². The van der Waals surface area contributed by atoms with Crippen LogP contribution in [0, 0.1) is 3.57 Å². The van der Waals surface area contributed by atoms with Gasteiger partial charge in [-0.25, -0.2) is 0 Å². The quantitative estimate of drug-likeness (QED) is 0.735. The summed E-state index contributed by atoms with van der Waals surface area (Å²) in [6.45, 7) is 3.46. The molecule has 0 bridgehead atoms. The number of benzene rings is 1. The number of halogens is 3. The summed E-state index contributed by atoms with van der Waals surface area (Å²) in [5, 5.41) is 3.98. The van der Waals surface area contributed by atoms with E-state index in [0.717, 1.165) is 41.7 Å². The van der Waals surface area contributed by atoms with Crippen LogP contribution in [0.1, 0.15) is 16.8 Å². The first kappa shape index (κ1) is 16.0. The van der Waals surface area contributed by atoms with Crippen LogP contribution in [0.2, 0.25) is 5.02 Å². The number of carbonyl (C=O) groups is 1. The minimum atomic E-state index is 0. The number of hydrogen-bond acceptors (Lipinski definition) is 2. The van der Waals surface area contributed by atoms with E-state index in [4.69, 9.17) is 11.6 Å². The highest BCUT2D eigenvalue weighted by atomic mass is 127. The van der Waals surface area contributed by atoms with Gasteiger partial charge in [-0.15, -0.1) is 12.4 Å². The lowest BCUT2D eigenvalue weighted by Crippen LogP contribution is -2.34. The Morgan fingerprint density at radius 2 is 2.11 bits per heavy atom. The SMILES string of the molecule is Cl.O=C(c1ccc(Cl)c(I)c1)N1CCCNCC1. The van der Waals surface area contributed by atoms with E-state index in [1.54, 1.807) is 12.1 Å². The molecule has 1 saturated heterocycles. The lowest BCUT2D eigenvalue weighted by molar-refractivity contribution is 0.0766. The predicted octanol–water partition coefficient (Wildman–Crippen LogP) is 2.80. The third kappa shape index (κ3) is 3.98. The summed E-state index contributed by atoms with van der Waals surface area (Å²) < 4.78 is 0.920. The number of rotatable bonds is 1. The van der Waals surface area contributed by atoms with Crippen LogP contribution < -0.4 is 5.32 Å². The Morgan fingerprint density at radius 1 is 1.33 bits per heavy atom.